The number of halogens is 1. The number of ether oxygens (including phenoxy) is 1. The molecule has 0 aromatic heterocycles. The second-order valence-corrected chi connectivity index (χ2v) is 4.50. The molecule has 0 aliphatic heterocycles. The van der Waals surface area contributed by atoms with Gasteiger partial charge in [-0.05, 0) is 55.3 Å². The van der Waals surface area contributed by atoms with Crippen LogP contribution in [-0.2, 0) is 0 Å². The van der Waals surface area contributed by atoms with Gasteiger partial charge in [0.25, 0.3) is 0 Å². The van der Waals surface area contributed by atoms with E-state index in [0.717, 1.165) is 5.56 Å². The smallest absolute Gasteiger partial charge is 0.173 e. The van der Waals surface area contributed by atoms with E-state index in [9.17, 15) is 4.39 Å². The van der Waals surface area contributed by atoms with E-state index in [0.29, 0.717) is 22.6 Å². The van der Waals surface area contributed by atoms with Crippen LogP contribution < -0.4 is 10.5 Å². The summed E-state index contributed by atoms with van der Waals surface area (Å²) in [5.41, 5.74) is 7.54. The van der Waals surface area contributed by atoms with E-state index >= 15 is 0 Å². The zero-order valence-electron chi connectivity index (χ0n) is 11.2. The van der Waals surface area contributed by atoms with Crippen molar-refractivity contribution in [3.8, 4) is 11.5 Å². The van der Waals surface area contributed by atoms with Crippen LogP contribution in [0.25, 0.3) is 0 Å². The van der Waals surface area contributed by atoms with Crippen LogP contribution >= 0.6 is 0 Å². The molecule has 0 saturated heterocycles. The topological polar surface area (TPSA) is 67.8 Å². The monoisotopic (exact) mass is 274 g/mol. The fourth-order valence-electron chi connectivity index (χ4n) is 1.79. The zero-order chi connectivity index (χ0) is 14.7. The Hall–Kier alpha value is -2.56. The zero-order valence-corrected chi connectivity index (χ0v) is 11.2. The van der Waals surface area contributed by atoms with E-state index in [1.165, 1.54) is 12.1 Å². The third-order valence-corrected chi connectivity index (χ3v) is 2.88. The number of amidine groups is 1. The third-order valence-electron chi connectivity index (χ3n) is 2.88. The van der Waals surface area contributed by atoms with Gasteiger partial charge in [0.15, 0.2) is 5.84 Å². The van der Waals surface area contributed by atoms with E-state index < -0.39 is 0 Å². The molecule has 0 atom stereocenters. The van der Waals surface area contributed by atoms with E-state index in [4.69, 9.17) is 15.7 Å². The van der Waals surface area contributed by atoms with Gasteiger partial charge in [-0.2, -0.15) is 0 Å². The third kappa shape index (κ3) is 2.88. The van der Waals surface area contributed by atoms with E-state index in [2.05, 4.69) is 5.16 Å². The highest BCUT2D eigenvalue weighted by Gasteiger charge is 2.10. The summed E-state index contributed by atoms with van der Waals surface area (Å²) >= 11 is 0. The van der Waals surface area contributed by atoms with Crippen LogP contribution in [0.2, 0.25) is 0 Å². The molecular weight excluding hydrogens is 259 g/mol. The molecule has 0 spiro atoms. The Bertz CT molecular complexity index is 669. The summed E-state index contributed by atoms with van der Waals surface area (Å²) in [4.78, 5) is 0. The highest BCUT2D eigenvalue weighted by molar-refractivity contribution is 5.99. The molecule has 0 unspecified atom stereocenters. The Morgan fingerprint density at radius 1 is 1.20 bits per heavy atom. The second-order valence-electron chi connectivity index (χ2n) is 4.50. The molecule has 104 valence electrons. The summed E-state index contributed by atoms with van der Waals surface area (Å²) in [6.07, 6.45) is 0. The lowest BCUT2D eigenvalue weighted by molar-refractivity contribution is 0.318. The average molecular weight is 274 g/mol. The van der Waals surface area contributed by atoms with Crippen LogP contribution in [0.4, 0.5) is 4.39 Å². The van der Waals surface area contributed by atoms with E-state index in [1.807, 2.05) is 13.0 Å². The summed E-state index contributed by atoms with van der Waals surface area (Å²) in [6.45, 7) is 3.56. The summed E-state index contributed by atoms with van der Waals surface area (Å²) in [6, 6.07) is 9.76. The summed E-state index contributed by atoms with van der Waals surface area (Å²) < 4.78 is 18.9. The van der Waals surface area contributed by atoms with Crippen molar-refractivity contribution in [2.45, 2.75) is 13.8 Å². The molecule has 0 radical (unpaired) electrons. The van der Waals surface area contributed by atoms with Crippen LogP contribution in [0.5, 0.6) is 11.5 Å². The Morgan fingerprint density at radius 3 is 2.60 bits per heavy atom. The highest BCUT2D eigenvalue weighted by atomic mass is 19.1. The number of hydrogen-bond acceptors (Lipinski definition) is 3. The summed E-state index contributed by atoms with van der Waals surface area (Å²) in [5, 5.41) is 11.8. The minimum absolute atomic E-state index is 0.0427. The first-order chi connectivity index (χ1) is 9.51. The normalized spacial score (nSPS) is 11.4. The van der Waals surface area contributed by atoms with E-state index in [-0.39, 0.29) is 11.7 Å². The Kier molecular flexibility index (Phi) is 3.89. The van der Waals surface area contributed by atoms with Crippen molar-refractivity contribution in [3.63, 3.8) is 0 Å². The Balaban J connectivity index is 2.41. The minimum atomic E-state index is -0.293. The maximum atomic E-state index is 13.2. The largest absolute Gasteiger partial charge is 0.457 e. The lowest BCUT2D eigenvalue weighted by Crippen LogP contribution is -2.14. The molecule has 0 saturated carbocycles. The maximum Gasteiger partial charge on any atom is 0.173 e. The molecule has 5 heteroatoms. The fraction of sp³-hybridized carbons (Fsp3) is 0.133. The molecule has 2 aromatic rings. The van der Waals surface area contributed by atoms with Gasteiger partial charge in [-0.3, -0.25) is 0 Å². The van der Waals surface area contributed by atoms with Gasteiger partial charge in [0, 0.05) is 0 Å². The standard InChI is InChI=1S/C15H15FN2O2/c1-9-3-5-12(15(17)18-19)14(7-9)20-11-4-6-13(16)10(2)8-11/h3-8,19H,1-2H3,(H2,17,18). The second kappa shape index (κ2) is 5.61. The van der Waals surface area contributed by atoms with Gasteiger partial charge >= 0.3 is 0 Å². The van der Waals surface area contributed by atoms with Crippen LogP contribution in [0.1, 0.15) is 16.7 Å². The first-order valence-corrected chi connectivity index (χ1v) is 6.04. The predicted octanol–water partition coefficient (Wildman–Crippen LogP) is 3.33. The summed E-state index contributed by atoms with van der Waals surface area (Å²) in [7, 11) is 0. The van der Waals surface area contributed by atoms with Gasteiger partial charge in [0.2, 0.25) is 0 Å². The first-order valence-electron chi connectivity index (χ1n) is 6.04. The molecule has 20 heavy (non-hydrogen) atoms. The maximum absolute atomic E-state index is 13.2. The summed E-state index contributed by atoms with van der Waals surface area (Å²) in [5.74, 6) is 0.602. The number of aryl methyl sites for hydroxylation is 2. The minimum Gasteiger partial charge on any atom is -0.457 e. The van der Waals surface area contributed by atoms with Gasteiger partial charge < -0.3 is 15.7 Å². The molecule has 4 nitrogen and oxygen atoms in total. The van der Waals surface area contributed by atoms with Crippen LogP contribution in [0.3, 0.4) is 0 Å². The number of nitrogens with two attached hydrogens (primary N) is 1. The number of rotatable bonds is 3. The number of nitrogens with zero attached hydrogens (tertiary/aromatic N) is 1. The van der Waals surface area contributed by atoms with Gasteiger partial charge in [0.05, 0.1) is 5.56 Å². The van der Waals surface area contributed by atoms with Gasteiger partial charge in [-0.25, -0.2) is 4.39 Å². The van der Waals surface area contributed by atoms with Crippen molar-refractivity contribution in [1.82, 2.24) is 0 Å². The number of hydrogen-bond donors (Lipinski definition) is 2. The van der Waals surface area contributed by atoms with Crippen LogP contribution in [0.15, 0.2) is 41.6 Å². The van der Waals surface area contributed by atoms with Gasteiger partial charge in [-0.15, -0.1) is 0 Å². The molecule has 0 amide bonds. The molecule has 0 aliphatic rings. The van der Waals surface area contributed by atoms with E-state index in [1.54, 1.807) is 25.1 Å². The first kappa shape index (κ1) is 13.9. The molecule has 2 rings (SSSR count). The molecule has 0 heterocycles. The molecule has 2 aromatic carbocycles. The Morgan fingerprint density at radius 2 is 1.95 bits per heavy atom. The number of oxime groups is 1. The molecular formula is C15H15FN2O2. The molecule has 3 N–H and O–H groups in total. The predicted molar refractivity (Wildman–Crippen MR) is 74.9 cm³/mol. The van der Waals surface area contributed by atoms with Crippen molar-refractivity contribution < 1.29 is 14.3 Å². The molecule has 0 aliphatic carbocycles. The lowest BCUT2D eigenvalue weighted by atomic mass is 10.1. The fourth-order valence-corrected chi connectivity index (χ4v) is 1.79. The molecule has 0 bridgehead atoms. The quantitative estimate of drug-likeness (QED) is 0.390. The van der Waals surface area contributed by atoms with Crippen molar-refractivity contribution >= 4 is 5.84 Å². The lowest BCUT2D eigenvalue weighted by Gasteiger charge is -2.12. The van der Waals surface area contributed by atoms with Gasteiger partial charge in [0.1, 0.15) is 17.3 Å². The average Bonchev–Trinajstić information content (AvgIpc) is 2.42. The highest BCUT2D eigenvalue weighted by Crippen LogP contribution is 2.27. The van der Waals surface area contributed by atoms with Crippen LogP contribution in [0, 0.1) is 19.7 Å². The van der Waals surface area contributed by atoms with Crippen molar-refractivity contribution in [2.24, 2.45) is 10.9 Å². The Labute approximate surface area is 116 Å². The SMILES string of the molecule is Cc1ccc(/C(N)=N/O)c(Oc2ccc(F)c(C)c2)c1. The van der Waals surface area contributed by atoms with Crippen molar-refractivity contribution in [2.75, 3.05) is 0 Å². The van der Waals surface area contributed by atoms with Crippen molar-refractivity contribution in [1.29, 1.82) is 0 Å². The number of benzene rings is 2. The van der Waals surface area contributed by atoms with Crippen LogP contribution in [-0.4, -0.2) is 11.0 Å². The molecule has 0 fully saturated rings. The van der Waals surface area contributed by atoms with Gasteiger partial charge in [-0.1, -0.05) is 11.2 Å². The van der Waals surface area contributed by atoms with Crippen molar-refractivity contribution in [3.05, 3.63) is 58.9 Å².